The first-order chi connectivity index (χ1) is 6.57. The largest absolute Gasteiger partial charge is 0.618 e. The van der Waals surface area contributed by atoms with Crippen LogP contribution in [0.3, 0.4) is 0 Å². The number of carbonyl (C=O) groups is 1. The lowest BCUT2D eigenvalue weighted by Gasteiger charge is -2.08. The molecule has 4 heteroatoms. The maximum Gasteiger partial charge on any atom is 0.344 e. The van der Waals surface area contributed by atoms with E-state index in [1.807, 2.05) is 0 Å². The number of aryl methyl sites for hydroxylation is 1. The van der Waals surface area contributed by atoms with Crippen LogP contribution >= 0.6 is 0 Å². The minimum atomic E-state index is -0.437. The zero-order valence-electron chi connectivity index (χ0n) is 8.53. The summed E-state index contributed by atoms with van der Waals surface area (Å²) < 4.78 is 5.52. The molecule has 0 bridgehead atoms. The van der Waals surface area contributed by atoms with Gasteiger partial charge in [0.2, 0.25) is 5.69 Å². The molecule has 0 aliphatic carbocycles. The Kier molecular flexibility index (Phi) is 3.06. The average molecular weight is 195 g/mol. The minimum absolute atomic E-state index is 0.311. The van der Waals surface area contributed by atoms with Gasteiger partial charge in [-0.3, -0.25) is 0 Å². The fourth-order valence-corrected chi connectivity index (χ4v) is 1.28. The third-order valence-electron chi connectivity index (χ3n) is 2.03. The van der Waals surface area contributed by atoms with Crippen LogP contribution in [0.4, 0.5) is 0 Å². The first-order valence-corrected chi connectivity index (χ1v) is 4.44. The van der Waals surface area contributed by atoms with Crippen LogP contribution in [0.25, 0.3) is 0 Å². The van der Waals surface area contributed by atoms with E-state index in [0.717, 1.165) is 5.56 Å². The second kappa shape index (κ2) is 4.09. The van der Waals surface area contributed by atoms with Crippen LogP contribution in [0, 0.1) is 19.1 Å². The number of hydrogen-bond acceptors (Lipinski definition) is 3. The fourth-order valence-electron chi connectivity index (χ4n) is 1.28. The number of nitrogens with zero attached hydrogens (tertiary/aromatic N) is 1. The van der Waals surface area contributed by atoms with Crippen molar-refractivity contribution in [3.05, 3.63) is 34.3 Å². The Morgan fingerprint density at radius 1 is 1.57 bits per heavy atom. The highest BCUT2D eigenvalue weighted by Crippen LogP contribution is 2.10. The standard InChI is InChI=1S/C10H13NO3/c1-4-14-10(12)9-7(2)5-6-11(13)8(9)3/h5-6H,4H2,1-3H3. The summed E-state index contributed by atoms with van der Waals surface area (Å²) in [5.41, 5.74) is 1.50. The molecular weight excluding hydrogens is 182 g/mol. The SMILES string of the molecule is CCOC(=O)c1c(C)cc[n+]([O-])c1C. The summed E-state index contributed by atoms with van der Waals surface area (Å²) in [6.07, 6.45) is 1.38. The van der Waals surface area contributed by atoms with E-state index in [2.05, 4.69) is 0 Å². The van der Waals surface area contributed by atoms with E-state index < -0.39 is 5.97 Å². The summed E-state index contributed by atoms with van der Waals surface area (Å²) in [6, 6.07) is 1.60. The van der Waals surface area contributed by atoms with Gasteiger partial charge < -0.3 is 9.94 Å². The molecule has 0 saturated heterocycles. The highest BCUT2D eigenvalue weighted by molar-refractivity contribution is 5.91. The monoisotopic (exact) mass is 195 g/mol. The topological polar surface area (TPSA) is 53.2 Å². The van der Waals surface area contributed by atoms with E-state index in [1.54, 1.807) is 26.8 Å². The van der Waals surface area contributed by atoms with E-state index in [4.69, 9.17) is 4.74 Å². The van der Waals surface area contributed by atoms with Gasteiger partial charge in [0.05, 0.1) is 6.61 Å². The molecule has 0 spiro atoms. The first-order valence-electron chi connectivity index (χ1n) is 4.44. The molecule has 0 aromatic carbocycles. The van der Waals surface area contributed by atoms with E-state index in [-0.39, 0.29) is 0 Å². The van der Waals surface area contributed by atoms with Crippen LogP contribution in [0.1, 0.15) is 28.5 Å². The first kappa shape index (κ1) is 10.5. The highest BCUT2D eigenvalue weighted by Gasteiger charge is 2.19. The number of pyridine rings is 1. The lowest BCUT2D eigenvalue weighted by Crippen LogP contribution is -2.32. The smallest absolute Gasteiger partial charge is 0.344 e. The molecule has 1 aromatic heterocycles. The number of esters is 1. The van der Waals surface area contributed by atoms with Gasteiger partial charge in [0.15, 0.2) is 6.20 Å². The number of ether oxygens (including phenoxy) is 1. The number of carbonyl (C=O) groups excluding carboxylic acids is 1. The van der Waals surface area contributed by atoms with Crippen molar-refractivity contribution < 1.29 is 14.3 Å². The normalized spacial score (nSPS) is 9.93. The summed E-state index contributed by atoms with van der Waals surface area (Å²) in [5, 5.41) is 11.2. The van der Waals surface area contributed by atoms with Gasteiger partial charge in [-0.1, -0.05) is 0 Å². The number of hydrogen-bond donors (Lipinski definition) is 0. The van der Waals surface area contributed by atoms with Crippen LogP contribution in [-0.2, 0) is 4.74 Å². The van der Waals surface area contributed by atoms with Gasteiger partial charge in [-0.15, -0.1) is 0 Å². The Morgan fingerprint density at radius 2 is 2.21 bits per heavy atom. The number of rotatable bonds is 2. The van der Waals surface area contributed by atoms with E-state index >= 15 is 0 Å². The third kappa shape index (κ3) is 1.84. The summed E-state index contributed by atoms with van der Waals surface area (Å²) in [5.74, 6) is -0.437. The van der Waals surface area contributed by atoms with Crippen molar-refractivity contribution in [2.45, 2.75) is 20.8 Å². The van der Waals surface area contributed by atoms with E-state index in [9.17, 15) is 10.0 Å². The maximum atomic E-state index is 11.5. The summed E-state index contributed by atoms with van der Waals surface area (Å²) >= 11 is 0. The second-order valence-electron chi connectivity index (χ2n) is 3.01. The Labute approximate surface area is 82.7 Å². The molecule has 14 heavy (non-hydrogen) atoms. The summed E-state index contributed by atoms with van der Waals surface area (Å²) in [7, 11) is 0. The Balaban J connectivity index is 3.18. The predicted molar refractivity (Wildman–Crippen MR) is 50.8 cm³/mol. The van der Waals surface area contributed by atoms with Gasteiger partial charge in [0.1, 0.15) is 5.56 Å². The molecule has 0 saturated carbocycles. The molecule has 1 heterocycles. The number of aromatic nitrogens is 1. The van der Waals surface area contributed by atoms with Crippen molar-refractivity contribution in [2.24, 2.45) is 0 Å². The minimum Gasteiger partial charge on any atom is -0.618 e. The van der Waals surface area contributed by atoms with Crippen LogP contribution in [0.15, 0.2) is 12.3 Å². The molecule has 1 aromatic rings. The van der Waals surface area contributed by atoms with E-state index in [1.165, 1.54) is 6.20 Å². The summed E-state index contributed by atoms with van der Waals surface area (Å²) in [6.45, 7) is 5.42. The van der Waals surface area contributed by atoms with Gasteiger partial charge in [0, 0.05) is 13.0 Å². The molecule has 0 amide bonds. The summed E-state index contributed by atoms with van der Waals surface area (Å²) in [4.78, 5) is 11.5. The molecule has 0 atom stereocenters. The van der Waals surface area contributed by atoms with Crippen molar-refractivity contribution >= 4 is 5.97 Å². The fraction of sp³-hybridized carbons (Fsp3) is 0.400. The van der Waals surface area contributed by atoms with Crippen molar-refractivity contribution in [3.8, 4) is 0 Å². The van der Waals surface area contributed by atoms with Gasteiger partial charge in [-0.2, -0.15) is 4.73 Å². The highest BCUT2D eigenvalue weighted by atomic mass is 16.5. The second-order valence-corrected chi connectivity index (χ2v) is 3.01. The maximum absolute atomic E-state index is 11.5. The molecule has 1 rings (SSSR count). The van der Waals surface area contributed by atoms with Crippen molar-refractivity contribution in [3.63, 3.8) is 0 Å². The van der Waals surface area contributed by atoms with E-state index in [0.29, 0.717) is 22.6 Å². The quantitative estimate of drug-likeness (QED) is 0.403. The van der Waals surface area contributed by atoms with Crippen molar-refractivity contribution in [2.75, 3.05) is 6.61 Å². The average Bonchev–Trinajstić information content (AvgIpc) is 2.13. The zero-order chi connectivity index (χ0) is 10.7. The molecule has 0 unspecified atom stereocenters. The predicted octanol–water partition coefficient (Wildman–Crippen LogP) is 1.11. The Hall–Kier alpha value is -1.58. The van der Waals surface area contributed by atoms with Crippen LogP contribution in [-0.4, -0.2) is 12.6 Å². The zero-order valence-corrected chi connectivity index (χ0v) is 8.53. The Bertz CT molecular complexity index is 361. The van der Waals surface area contributed by atoms with Gasteiger partial charge in [-0.25, -0.2) is 4.79 Å². The van der Waals surface area contributed by atoms with Crippen LogP contribution in [0.2, 0.25) is 0 Å². The molecule has 76 valence electrons. The molecule has 4 nitrogen and oxygen atoms in total. The molecule has 0 aliphatic heterocycles. The molecule has 0 radical (unpaired) electrons. The molecule has 0 aliphatic rings. The lowest BCUT2D eigenvalue weighted by molar-refractivity contribution is -0.612. The molecular formula is C10H13NO3. The van der Waals surface area contributed by atoms with Crippen molar-refractivity contribution in [1.82, 2.24) is 0 Å². The van der Waals surface area contributed by atoms with Crippen LogP contribution in [0.5, 0.6) is 0 Å². The van der Waals surface area contributed by atoms with Crippen molar-refractivity contribution in [1.29, 1.82) is 0 Å². The molecule has 0 fully saturated rings. The lowest BCUT2D eigenvalue weighted by atomic mass is 10.1. The van der Waals surface area contributed by atoms with Gasteiger partial charge in [-0.05, 0) is 19.4 Å². The molecule has 0 N–H and O–H groups in total. The van der Waals surface area contributed by atoms with Crippen LogP contribution < -0.4 is 4.73 Å². The van der Waals surface area contributed by atoms with Gasteiger partial charge >= 0.3 is 5.97 Å². The van der Waals surface area contributed by atoms with Gasteiger partial charge in [0.25, 0.3) is 0 Å². The third-order valence-corrected chi connectivity index (χ3v) is 2.03. The Morgan fingerprint density at radius 3 is 2.79 bits per heavy atom.